The third-order valence-corrected chi connectivity index (χ3v) is 4.61. The second-order valence-electron chi connectivity index (χ2n) is 5.78. The number of nitrogens with one attached hydrogen (secondary N) is 1. The quantitative estimate of drug-likeness (QED) is 0.308. The number of carbonyl (C=O) groups is 3. The van der Waals surface area contributed by atoms with Crippen molar-refractivity contribution in [2.24, 2.45) is 0 Å². The van der Waals surface area contributed by atoms with Crippen LogP contribution in [0.3, 0.4) is 0 Å². The van der Waals surface area contributed by atoms with Crippen molar-refractivity contribution in [2.75, 3.05) is 12.0 Å². The summed E-state index contributed by atoms with van der Waals surface area (Å²) in [7, 11) is 1.46. The van der Waals surface area contributed by atoms with Gasteiger partial charge in [-0.25, -0.2) is 9.69 Å². The number of imide groups is 2. The number of hydrogen-bond donors (Lipinski definition) is 2. The van der Waals surface area contributed by atoms with Gasteiger partial charge < -0.3 is 9.84 Å². The number of phenols is 1. The molecule has 2 N–H and O–H groups in total. The fraction of sp³-hybridized carbons (Fsp3) is 0.0556. The molecule has 11 heteroatoms. The highest BCUT2D eigenvalue weighted by molar-refractivity contribution is 9.10. The molecule has 0 bridgehead atoms. The molecule has 0 aromatic heterocycles. The Bertz CT molecular complexity index is 1080. The van der Waals surface area contributed by atoms with Crippen molar-refractivity contribution in [3.8, 4) is 11.5 Å². The van der Waals surface area contributed by atoms with Gasteiger partial charge in [0.05, 0.1) is 22.2 Å². The molecule has 1 aliphatic rings. The van der Waals surface area contributed by atoms with Crippen LogP contribution in [-0.4, -0.2) is 35.0 Å². The highest BCUT2D eigenvalue weighted by atomic mass is 79.9. The Kier molecular flexibility index (Phi) is 5.33. The van der Waals surface area contributed by atoms with E-state index in [1.54, 1.807) is 0 Å². The summed E-state index contributed by atoms with van der Waals surface area (Å²) in [4.78, 5) is 48.3. The average molecular weight is 462 g/mol. The zero-order valence-electron chi connectivity index (χ0n) is 14.7. The number of nitro benzene ring substituents is 1. The zero-order valence-corrected chi connectivity index (χ0v) is 16.3. The highest BCUT2D eigenvalue weighted by Gasteiger charge is 2.37. The first-order chi connectivity index (χ1) is 13.7. The number of phenolic OH excluding ortho intramolecular Hbond substituents is 1. The number of hydrogen-bond acceptors (Lipinski definition) is 7. The molecule has 148 valence electrons. The molecule has 1 aliphatic heterocycles. The first kappa shape index (κ1) is 20.0. The number of anilines is 1. The molecule has 4 amide bonds. The second-order valence-corrected chi connectivity index (χ2v) is 6.64. The van der Waals surface area contributed by atoms with Crippen LogP contribution in [-0.2, 0) is 9.59 Å². The van der Waals surface area contributed by atoms with E-state index in [0.717, 1.165) is 17.0 Å². The Hall–Kier alpha value is -3.73. The van der Waals surface area contributed by atoms with Crippen molar-refractivity contribution in [1.82, 2.24) is 5.32 Å². The van der Waals surface area contributed by atoms with Crippen LogP contribution in [0, 0.1) is 10.1 Å². The molecule has 0 aliphatic carbocycles. The molecule has 10 nitrogen and oxygen atoms in total. The lowest BCUT2D eigenvalue weighted by atomic mass is 10.1. The Morgan fingerprint density at radius 2 is 1.86 bits per heavy atom. The van der Waals surface area contributed by atoms with Crippen LogP contribution >= 0.6 is 15.9 Å². The maximum atomic E-state index is 12.8. The Morgan fingerprint density at radius 3 is 2.45 bits per heavy atom. The smallest absolute Gasteiger partial charge is 0.335 e. The minimum atomic E-state index is -0.948. The summed E-state index contributed by atoms with van der Waals surface area (Å²) in [6.07, 6.45) is 1.10. The zero-order chi connectivity index (χ0) is 21.3. The molecule has 2 aromatic carbocycles. The first-order valence-electron chi connectivity index (χ1n) is 7.95. The molecule has 1 saturated heterocycles. The number of carbonyl (C=O) groups excluding carboxylic acids is 3. The average Bonchev–Trinajstić information content (AvgIpc) is 2.67. The topological polar surface area (TPSA) is 139 Å². The minimum Gasteiger partial charge on any atom is -0.501 e. The lowest BCUT2D eigenvalue weighted by Crippen LogP contribution is -2.54. The second kappa shape index (κ2) is 7.72. The number of benzene rings is 2. The number of urea groups is 1. The number of aromatic hydroxyl groups is 1. The number of nitro groups is 1. The van der Waals surface area contributed by atoms with Gasteiger partial charge in [0.25, 0.3) is 11.8 Å². The van der Waals surface area contributed by atoms with E-state index in [1.165, 1.54) is 37.4 Å². The number of methoxy groups -OCH3 is 1. The van der Waals surface area contributed by atoms with Gasteiger partial charge in [-0.2, -0.15) is 0 Å². The number of barbiturate groups is 1. The summed E-state index contributed by atoms with van der Waals surface area (Å²) in [5.41, 5.74) is -0.723. The van der Waals surface area contributed by atoms with E-state index in [-0.39, 0.29) is 15.7 Å². The van der Waals surface area contributed by atoms with Gasteiger partial charge in [0.2, 0.25) is 5.75 Å². The fourth-order valence-corrected chi connectivity index (χ4v) is 3.08. The number of halogens is 1. The lowest BCUT2D eigenvalue weighted by Gasteiger charge is -2.26. The van der Waals surface area contributed by atoms with Gasteiger partial charge >= 0.3 is 11.7 Å². The SMILES string of the molecule is COc1ccc(N2C(=O)NC(=O)/C(=C\c3cc(Br)c(O)c([N+](=O)[O-])c3)C2=O)cc1. The van der Waals surface area contributed by atoms with Crippen molar-refractivity contribution in [3.63, 3.8) is 0 Å². The van der Waals surface area contributed by atoms with E-state index in [9.17, 15) is 29.6 Å². The van der Waals surface area contributed by atoms with E-state index >= 15 is 0 Å². The van der Waals surface area contributed by atoms with Crippen molar-refractivity contribution < 1.29 is 29.2 Å². The van der Waals surface area contributed by atoms with Crippen LogP contribution in [0.15, 0.2) is 46.4 Å². The fourth-order valence-electron chi connectivity index (χ4n) is 2.62. The largest absolute Gasteiger partial charge is 0.501 e. The number of amides is 4. The van der Waals surface area contributed by atoms with Gasteiger partial charge in [0.1, 0.15) is 11.3 Å². The van der Waals surface area contributed by atoms with Gasteiger partial charge in [-0.1, -0.05) is 0 Å². The molecular formula is C18H12BrN3O7. The number of nitrogens with zero attached hydrogens (tertiary/aromatic N) is 2. The molecule has 29 heavy (non-hydrogen) atoms. The monoisotopic (exact) mass is 461 g/mol. The molecule has 0 saturated carbocycles. The minimum absolute atomic E-state index is 0.00491. The molecule has 0 unspecified atom stereocenters. The predicted molar refractivity (Wildman–Crippen MR) is 104 cm³/mol. The van der Waals surface area contributed by atoms with Gasteiger partial charge in [0, 0.05) is 6.07 Å². The van der Waals surface area contributed by atoms with Gasteiger partial charge in [-0.3, -0.25) is 25.0 Å². The molecule has 1 heterocycles. The van der Waals surface area contributed by atoms with E-state index in [1.807, 2.05) is 0 Å². The summed E-state index contributed by atoms with van der Waals surface area (Å²) < 4.78 is 5.03. The molecule has 0 spiro atoms. The number of rotatable bonds is 4. The van der Waals surface area contributed by atoms with Gasteiger partial charge in [-0.15, -0.1) is 0 Å². The summed E-state index contributed by atoms with van der Waals surface area (Å²) in [6, 6.07) is 7.37. The Morgan fingerprint density at radius 1 is 1.21 bits per heavy atom. The summed E-state index contributed by atoms with van der Waals surface area (Å²) in [5, 5.41) is 22.9. The Labute approximate surface area is 171 Å². The maximum Gasteiger partial charge on any atom is 0.335 e. The van der Waals surface area contributed by atoms with Crippen LogP contribution in [0.25, 0.3) is 6.08 Å². The van der Waals surface area contributed by atoms with Crippen LogP contribution in [0.5, 0.6) is 11.5 Å². The molecular weight excluding hydrogens is 450 g/mol. The van der Waals surface area contributed by atoms with Crippen molar-refractivity contribution in [3.05, 3.63) is 62.1 Å². The third-order valence-electron chi connectivity index (χ3n) is 4.01. The summed E-state index contributed by atoms with van der Waals surface area (Å²) in [6.45, 7) is 0. The molecule has 0 atom stereocenters. The van der Waals surface area contributed by atoms with Gasteiger partial charge in [0.15, 0.2) is 0 Å². The van der Waals surface area contributed by atoms with E-state index in [2.05, 4.69) is 21.2 Å². The maximum absolute atomic E-state index is 12.8. The third kappa shape index (κ3) is 3.80. The van der Waals surface area contributed by atoms with Crippen molar-refractivity contribution >= 4 is 51.2 Å². The van der Waals surface area contributed by atoms with Crippen LogP contribution in [0.4, 0.5) is 16.2 Å². The molecule has 2 aromatic rings. The first-order valence-corrected chi connectivity index (χ1v) is 8.74. The molecule has 0 radical (unpaired) electrons. The summed E-state index contributed by atoms with van der Waals surface area (Å²) >= 11 is 2.99. The standard InChI is InChI=1S/C18H12BrN3O7/c1-29-11-4-2-10(3-5-11)21-17(25)12(16(24)20-18(21)26)6-9-7-13(19)15(23)14(8-9)22(27)28/h2-8,23H,1H3,(H,20,24,26)/b12-6+. The lowest BCUT2D eigenvalue weighted by molar-refractivity contribution is -0.386. The number of ether oxygens (including phenoxy) is 1. The normalized spacial score (nSPS) is 15.4. The van der Waals surface area contributed by atoms with Crippen molar-refractivity contribution in [1.29, 1.82) is 0 Å². The molecule has 1 fully saturated rings. The molecule has 3 rings (SSSR count). The van der Waals surface area contributed by atoms with E-state index < -0.39 is 39.8 Å². The highest BCUT2D eigenvalue weighted by Crippen LogP contribution is 2.36. The predicted octanol–water partition coefficient (Wildman–Crippen LogP) is 2.74. The van der Waals surface area contributed by atoms with E-state index in [4.69, 9.17) is 4.74 Å². The summed E-state index contributed by atoms with van der Waals surface area (Å²) in [5.74, 6) is -1.94. The van der Waals surface area contributed by atoms with Crippen LogP contribution in [0.2, 0.25) is 0 Å². The van der Waals surface area contributed by atoms with Crippen LogP contribution in [0.1, 0.15) is 5.56 Å². The van der Waals surface area contributed by atoms with E-state index in [0.29, 0.717) is 5.75 Å². The Balaban J connectivity index is 2.04. The van der Waals surface area contributed by atoms with Crippen LogP contribution < -0.4 is 15.0 Å². The van der Waals surface area contributed by atoms with Crippen molar-refractivity contribution in [2.45, 2.75) is 0 Å². The van der Waals surface area contributed by atoms with Gasteiger partial charge in [-0.05, 0) is 57.9 Å².